The van der Waals surface area contributed by atoms with E-state index in [1.807, 2.05) is 0 Å². The summed E-state index contributed by atoms with van der Waals surface area (Å²) in [5.74, 6) is -0.181. The maximum atomic E-state index is 12.1. The van der Waals surface area contributed by atoms with Gasteiger partial charge in [0.25, 0.3) is 5.91 Å². The molecule has 1 aliphatic carbocycles. The number of amides is 3. The van der Waals surface area contributed by atoms with Crippen molar-refractivity contribution in [3.8, 4) is 5.75 Å². The Kier molecular flexibility index (Phi) is 6.35. The zero-order chi connectivity index (χ0) is 17.5. The maximum Gasteiger partial charge on any atom is 0.321 e. The number of urea groups is 1. The van der Waals surface area contributed by atoms with Crippen LogP contribution in [-0.4, -0.2) is 29.9 Å². The van der Waals surface area contributed by atoms with Gasteiger partial charge in [0.1, 0.15) is 5.75 Å². The van der Waals surface area contributed by atoms with Gasteiger partial charge in [-0.25, -0.2) is 4.79 Å². The van der Waals surface area contributed by atoms with Crippen molar-refractivity contribution < 1.29 is 19.1 Å². The summed E-state index contributed by atoms with van der Waals surface area (Å²) in [6.07, 6.45) is 4.46. The van der Waals surface area contributed by atoms with Crippen LogP contribution < -0.4 is 15.4 Å². The molecule has 1 saturated carbocycles. The minimum Gasteiger partial charge on any atom is -0.481 e. The second-order valence-corrected chi connectivity index (χ2v) is 6.14. The summed E-state index contributed by atoms with van der Waals surface area (Å²) in [6, 6.07) is 6.26. The molecule has 0 heterocycles. The fourth-order valence-corrected chi connectivity index (χ4v) is 2.73. The molecular weight excluding hydrogens is 308 g/mol. The second-order valence-electron chi connectivity index (χ2n) is 6.14. The summed E-state index contributed by atoms with van der Waals surface area (Å²) in [5.41, 5.74) is 0.509. The summed E-state index contributed by atoms with van der Waals surface area (Å²) in [6.45, 7) is 3.02. The van der Waals surface area contributed by atoms with E-state index in [9.17, 15) is 14.4 Å². The van der Waals surface area contributed by atoms with Crippen molar-refractivity contribution in [3.63, 3.8) is 0 Å². The Labute approximate surface area is 142 Å². The third-order valence-corrected chi connectivity index (χ3v) is 4.10. The predicted octanol–water partition coefficient (Wildman–Crippen LogP) is 2.82. The van der Waals surface area contributed by atoms with Crippen LogP contribution in [0.1, 0.15) is 56.3 Å². The Balaban J connectivity index is 1.84. The van der Waals surface area contributed by atoms with Crippen LogP contribution in [-0.2, 0) is 4.79 Å². The Morgan fingerprint density at radius 3 is 2.54 bits per heavy atom. The van der Waals surface area contributed by atoms with Crippen LogP contribution in [0, 0.1) is 0 Å². The lowest BCUT2D eigenvalue weighted by molar-refractivity contribution is -0.126. The molecule has 24 heavy (non-hydrogen) atoms. The number of benzene rings is 1. The summed E-state index contributed by atoms with van der Waals surface area (Å²) >= 11 is 0. The topological polar surface area (TPSA) is 84.5 Å². The number of Topliss-reactive ketones (excluding diaryl/α,β-unsaturated/α-hetero) is 1. The second kappa shape index (κ2) is 8.47. The molecule has 130 valence electrons. The van der Waals surface area contributed by atoms with Crippen molar-refractivity contribution in [2.24, 2.45) is 0 Å². The van der Waals surface area contributed by atoms with Gasteiger partial charge in [-0.3, -0.25) is 14.9 Å². The first-order valence-corrected chi connectivity index (χ1v) is 8.34. The van der Waals surface area contributed by atoms with Crippen LogP contribution in [0.2, 0.25) is 0 Å². The Morgan fingerprint density at radius 1 is 1.17 bits per heavy atom. The van der Waals surface area contributed by atoms with Crippen molar-refractivity contribution in [1.29, 1.82) is 0 Å². The predicted molar refractivity (Wildman–Crippen MR) is 90.1 cm³/mol. The smallest absolute Gasteiger partial charge is 0.321 e. The first-order chi connectivity index (χ1) is 11.5. The van der Waals surface area contributed by atoms with E-state index in [0.29, 0.717) is 11.3 Å². The van der Waals surface area contributed by atoms with Gasteiger partial charge in [-0.05, 0) is 38.8 Å². The number of ketones is 1. The molecule has 0 saturated heterocycles. The first-order valence-electron chi connectivity index (χ1n) is 8.34. The molecule has 0 aromatic heterocycles. The summed E-state index contributed by atoms with van der Waals surface area (Å²) < 4.78 is 5.51. The minimum atomic E-state index is -0.843. The monoisotopic (exact) mass is 332 g/mol. The Morgan fingerprint density at radius 2 is 1.88 bits per heavy atom. The van der Waals surface area contributed by atoms with Gasteiger partial charge in [0.2, 0.25) is 0 Å². The molecule has 6 nitrogen and oxygen atoms in total. The van der Waals surface area contributed by atoms with Gasteiger partial charge in [0.15, 0.2) is 11.9 Å². The Bertz CT molecular complexity index is 609. The maximum absolute atomic E-state index is 12.1. The van der Waals surface area contributed by atoms with Gasteiger partial charge in [0, 0.05) is 11.6 Å². The van der Waals surface area contributed by atoms with E-state index in [2.05, 4.69) is 10.6 Å². The third kappa shape index (κ3) is 5.37. The quantitative estimate of drug-likeness (QED) is 0.812. The molecule has 0 spiro atoms. The zero-order valence-electron chi connectivity index (χ0n) is 14.1. The fraction of sp³-hybridized carbons (Fsp3) is 0.500. The van der Waals surface area contributed by atoms with Crippen LogP contribution in [0.15, 0.2) is 24.3 Å². The highest BCUT2D eigenvalue weighted by Gasteiger charge is 2.20. The van der Waals surface area contributed by atoms with Crippen LogP contribution in [0.25, 0.3) is 0 Å². The lowest BCUT2D eigenvalue weighted by Gasteiger charge is -2.23. The molecule has 2 rings (SSSR count). The molecule has 0 bridgehead atoms. The van der Waals surface area contributed by atoms with Gasteiger partial charge in [-0.15, -0.1) is 0 Å². The largest absolute Gasteiger partial charge is 0.481 e. The molecule has 0 radical (unpaired) electrons. The molecule has 1 aliphatic rings. The van der Waals surface area contributed by atoms with Gasteiger partial charge in [0.05, 0.1) is 0 Å². The first kappa shape index (κ1) is 18.0. The minimum absolute atomic E-state index is 0.0792. The van der Waals surface area contributed by atoms with Crippen molar-refractivity contribution in [1.82, 2.24) is 10.6 Å². The highest BCUT2D eigenvalue weighted by Crippen LogP contribution is 2.17. The van der Waals surface area contributed by atoms with Crippen molar-refractivity contribution in [2.45, 2.75) is 58.1 Å². The number of ether oxygens (including phenoxy) is 1. The summed E-state index contributed by atoms with van der Waals surface area (Å²) in [7, 11) is 0. The van der Waals surface area contributed by atoms with E-state index >= 15 is 0 Å². The molecule has 3 amide bonds. The van der Waals surface area contributed by atoms with E-state index in [1.165, 1.54) is 13.3 Å². The van der Waals surface area contributed by atoms with E-state index in [1.54, 1.807) is 31.2 Å². The number of hydrogen-bond acceptors (Lipinski definition) is 4. The van der Waals surface area contributed by atoms with E-state index in [4.69, 9.17) is 4.74 Å². The highest BCUT2D eigenvalue weighted by molar-refractivity contribution is 5.96. The van der Waals surface area contributed by atoms with Crippen molar-refractivity contribution >= 4 is 17.7 Å². The van der Waals surface area contributed by atoms with E-state index in [0.717, 1.165) is 25.7 Å². The molecule has 6 heteroatoms. The van der Waals surface area contributed by atoms with E-state index < -0.39 is 18.0 Å². The number of rotatable bonds is 5. The molecule has 0 unspecified atom stereocenters. The summed E-state index contributed by atoms with van der Waals surface area (Å²) in [5, 5.41) is 5.13. The highest BCUT2D eigenvalue weighted by atomic mass is 16.5. The van der Waals surface area contributed by atoms with Crippen LogP contribution >= 0.6 is 0 Å². The standard InChI is InChI=1S/C18H24N2O4/c1-12(21)14-7-6-10-16(11-14)24-13(2)17(22)20-18(23)19-15-8-4-3-5-9-15/h6-7,10-11,13,15H,3-5,8-9H2,1-2H3,(H2,19,20,22,23)/t13-/m1/s1. The number of carbonyl (C=O) groups excluding carboxylic acids is 3. The third-order valence-electron chi connectivity index (χ3n) is 4.10. The zero-order valence-corrected chi connectivity index (χ0v) is 14.1. The van der Waals surface area contributed by atoms with Crippen molar-refractivity contribution in [3.05, 3.63) is 29.8 Å². The average molecular weight is 332 g/mol. The number of hydrogen-bond donors (Lipinski definition) is 2. The Hall–Kier alpha value is -2.37. The van der Waals surface area contributed by atoms with Gasteiger partial charge in [-0.1, -0.05) is 31.4 Å². The van der Waals surface area contributed by atoms with E-state index in [-0.39, 0.29) is 11.8 Å². The molecule has 0 aliphatic heterocycles. The lowest BCUT2D eigenvalue weighted by Crippen LogP contribution is -2.48. The lowest BCUT2D eigenvalue weighted by atomic mass is 9.96. The van der Waals surface area contributed by atoms with Crippen molar-refractivity contribution in [2.75, 3.05) is 0 Å². The van der Waals surface area contributed by atoms with Crippen LogP contribution in [0.3, 0.4) is 0 Å². The molecular formula is C18H24N2O4. The van der Waals surface area contributed by atoms with Crippen LogP contribution in [0.5, 0.6) is 5.75 Å². The molecule has 1 fully saturated rings. The molecule has 1 aromatic carbocycles. The van der Waals surface area contributed by atoms with Gasteiger partial charge < -0.3 is 10.1 Å². The molecule has 1 atom stereocenters. The normalized spacial score (nSPS) is 16.1. The SMILES string of the molecule is CC(=O)c1cccc(O[C@H](C)C(=O)NC(=O)NC2CCCCC2)c1. The average Bonchev–Trinajstić information content (AvgIpc) is 2.55. The van der Waals surface area contributed by atoms with Gasteiger partial charge in [-0.2, -0.15) is 0 Å². The summed E-state index contributed by atoms with van der Waals surface area (Å²) in [4.78, 5) is 35.3. The van der Waals surface area contributed by atoms with Gasteiger partial charge >= 0.3 is 6.03 Å². The number of carbonyl (C=O) groups is 3. The molecule has 2 N–H and O–H groups in total. The number of imide groups is 1. The molecule has 1 aromatic rings. The fourth-order valence-electron chi connectivity index (χ4n) is 2.73. The van der Waals surface area contributed by atoms with Crippen LogP contribution in [0.4, 0.5) is 4.79 Å². The number of nitrogens with one attached hydrogen (secondary N) is 2.